The van der Waals surface area contributed by atoms with Gasteiger partial charge in [0, 0.05) is 63.4 Å². The van der Waals surface area contributed by atoms with Crippen LogP contribution in [0.3, 0.4) is 0 Å². The first-order chi connectivity index (χ1) is 28.3. The molecule has 0 aliphatic rings. The van der Waals surface area contributed by atoms with Crippen molar-refractivity contribution in [3.63, 3.8) is 0 Å². The molecule has 5 heteroatoms. The van der Waals surface area contributed by atoms with E-state index in [0.717, 1.165) is 39.1 Å². The quantitative estimate of drug-likeness (QED) is 0.181. The summed E-state index contributed by atoms with van der Waals surface area (Å²) in [5.41, 5.74) is 7.74. The summed E-state index contributed by atoms with van der Waals surface area (Å²) in [5, 5.41) is 13.2. The molecule has 0 amide bonds. The van der Waals surface area contributed by atoms with E-state index in [9.17, 15) is 0 Å². The number of rotatable bonds is 3. The van der Waals surface area contributed by atoms with E-state index >= 15 is 0 Å². The van der Waals surface area contributed by atoms with Crippen LogP contribution in [0.25, 0.3) is 119 Å². The first-order valence-corrected chi connectivity index (χ1v) is 20.2. The SMILES string of the molecule is c1ccc2c(-n3c4ccccc4c4ccc5ccccc5c43)c3c4ccccc4n(-c4nc(-c5cccc6c5sc5ccccc56)nc5ccccc45)c3cc2c1. The highest BCUT2D eigenvalue weighted by Crippen LogP contribution is 2.46. The molecule has 4 heterocycles. The fourth-order valence-electron chi connectivity index (χ4n) is 9.46. The summed E-state index contributed by atoms with van der Waals surface area (Å²) in [6.07, 6.45) is 0. The summed E-state index contributed by atoms with van der Waals surface area (Å²) < 4.78 is 7.40. The Bertz CT molecular complexity index is 3830. The van der Waals surface area contributed by atoms with Crippen molar-refractivity contribution in [3.05, 3.63) is 182 Å². The molecule has 13 rings (SSSR count). The zero-order chi connectivity index (χ0) is 37.2. The standard InChI is InChI=1S/C52H30N4S/c1-3-16-33-31(14-1)28-29-37-35-18-6-10-25-43(35)56(48(33)37)49-34-17-4-2-15-32(34)30-45-47(49)40-21-7-11-26-44(40)55(45)52-39-20-5-9-24-42(39)53-51(54-52)41-23-13-22-38-36-19-8-12-27-46(36)57-50(38)41/h1-30H. The van der Waals surface area contributed by atoms with Gasteiger partial charge in [0.05, 0.1) is 33.3 Å². The maximum absolute atomic E-state index is 5.60. The zero-order valence-corrected chi connectivity index (χ0v) is 31.3. The number of benzene rings is 9. The molecule has 13 aromatic rings. The molecule has 0 spiro atoms. The van der Waals surface area contributed by atoms with E-state index in [0.29, 0.717) is 0 Å². The average Bonchev–Trinajstić information content (AvgIpc) is 3.93. The Hall–Kier alpha value is -7.34. The number of hydrogen-bond donors (Lipinski definition) is 0. The predicted molar refractivity (Wildman–Crippen MR) is 242 cm³/mol. The molecule has 4 nitrogen and oxygen atoms in total. The van der Waals surface area contributed by atoms with Gasteiger partial charge in [0.1, 0.15) is 5.82 Å². The molecular formula is C52H30N4S. The van der Waals surface area contributed by atoms with Crippen LogP contribution in [-0.2, 0) is 0 Å². The molecule has 4 aromatic heterocycles. The van der Waals surface area contributed by atoms with Crippen LogP contribution in [0.1, 0.15) is 0 Å². The maximum atomic E-state index is 5.60. The van der Waals surface area contributed by atoms with Gasteiger partial charge in [0.25, 0.3) is 0 Å². The highest BCUT2D eigenvalue weighted by atomic mass is 32.1. The van der Waals surface area contributed by atoms with E-state index in [1.807, 2.05) is 11.3 Å². The lowest BCUT2D eigenvalue weighted by Gasteiger charge is -2.16. The van der Waals surface area contributed by atoms with Crippen LogP contribution in [0.5, 0.6) is 0 Å². The monoisotopic (exact) mass is 742 g/mol. The first-order valence-electron chi connectivity index (χ1n) is 19.3. The fraction of sp³-hybridized carbons (Fsp3) is 0. The lowest BCUT2D eigenvalue weighted by atomic mass is 10.0. The van der Waals surface area contributed by atoms with E-state index < -0.39 is 0 Å². The molecule has 0 N–H and O–H groups in total. The van der Waals surface area contributed by atoms with Crippen molar-refractivity contribution in [2.24, 2.45) is 0 Å². The Kier molecular flexibility index (Phi) is 6.29. The molecule has 9 aromatic carbocycles. The molecule has 0 fully saturated rings. The van der Waals surface area contributed by atoms with Gasteiger partial charge in [0.15, 0.2) is 5.82 Å². The van der Waals surface area contributed by atoms with E-state index in [1.54, 1.807) is 0 Å². The molecule has 57 heavy (non-hydrogen) atoms. The third-order valence-electron chi connectivity index (χ3n) is 11.9. The minimum atomic E-state index is 0.724. The summed E-state index contributed by atoms with van der Waals surface area (Å²) >= 11 is 1.81. The van der Waals surface area contributed by atoms with Gasteiger partial charge in [-0.05, 0) is 53.2 Å². The number of thiophene rings is 1. The van der Waals surface area contributed by atoms with E-state index in [4.69, 9.17) is 9.97 Å². The number of aromatic nitrogens is 4. The van der Waals surface area contributed by atoms with Gasteiger partial charge in [-0.15, -0.1) is 11.3 Å². The van der Waals surface area contributed by atoms with Crippen molar-refractivity contribution in [1.29, 1.82) is 0 Å². The average molecular weight is 743 g/mol. The minimum Gasteiger partial charge on any atom is -0.307 e. The lowest BCUT2D eigenvalue weighted by Crippen LogP contribution is -2.03. The van der Waals surface area contributed by atoms with Gasteiger partial charge in [-0.3, -0.25) is 4.57 Å². The Balaban J connectivity index is 1.21. The summed E-state index contributed by atoms with van der Waals surface area (Å²) in [5.74, 6) is 1.59. The molecule has 0 atom stereocenters. The molecule has 264 valence electrons. The van der Waals surface area contributed by atoms with Crippen molar-refractivity contribution in [2.75, 3.05) is 0 Å². The minimum absolute atomic E-state index is 0.724. The van der Waals surface area contributed by atoms with Crippen LogP contribution in [-0.4, -0.2) is 19.1 Å². The van der Waals surface area contributed by atoms with Gasteiger partial charge in [-0.2, -0.15) is 0 Å². The second-order valence-corrected chi connectivity index (χ2v) is 15.9. The fourth-order valence-corrected chi connectivity index (χ4v) is 10.7. The number of nitrogens with zero attached hydrogens (tertiary/aromatic N) is 4. The third kappa shape index (κ3) is 4.26. The van der Waals surface area contributed by atoms with Crippen LogP contribution in [0, 0.1) is 0 Å². The molecule has 0 aliphatic carbocycles. The Morgan fingerprint density at radius 3 is 1.91 bits per heavy atom. The van der Waals surface area contributed by atoms with Crippen molar-refractivity contribution < 1.29 is 0 Å². The highest BCUT2D eigenvalue weighted by molar-refractivity contribution is 7.26. The van der Waals surface area contributed by atoms with Crippen molar-refractivity contribution in [3.8, 4) is 22.9 Å². The number of hydrogen-bond acceptors (Lipinski definition) is 3. The van der Waals surface area contributed by atoms with E-state index in [-0.39, 0.29) is 0 Å². The second-order valence-electron chi connectivity index (χ2n) is 14.9. The summed E-state index contributed by atoms with van der Waals surface area (Å²) in [4.78, 5) is 10.9. The Morgan fingerprint density at radius 2 is 1.05 bits per heavy atom. The third-order valence-corrected chi connectivity index (χ3v) is 13.1. The van der Waals surface area contributed by atoms with Gasteiger partial charge in [-0.1, -0.05) is 140 Å². The van der Waals surface area contributed by atoms with Crippen LogP contribution in [0.2, 0.25) is 0 Å². The van der Waals surface area contributed by atoms with Crippen molar-refractivity contribution in [2.45, 2.75) is 0 Å². The van der Waals surface area contributed by atoms with Crippen LogP contribution < -0.4 is 0 Å². The van der Waals surface area contributed by atoms with Gasteiger partial charge >= 0.3 is 0 Å². The first kappa shape index (κ1) is 30.9. The summed E-state index contributed by atoms with van der Waals surface area (Å²) in [7, 11) is 0. The van der Waals surface area contributed by atoms with Gasteiger partial charge in [-0.25, -0.2) is 9.97 Å². The van der Waals surface area contributed by atoms with Gasteiger partial charge < -0.3 is 4.57 Å². The molecule has 0 aliphatic heterocycles. The van der Waals surface area contributed by atoms with Crippen LogP contribution >= 0.6 is 11.3 Å². The number of fused-ring (bicyclic) bond motifs is 13. The predicted octanol–water partition coefficient (Wildman–Crippen LogP) is 14.2. The summed E-state index contributed by atoms with van der Waals surface area (Å²) in [6, 6.07) is 65.9. The molecule has 0 saturated carbocycles. The second kappa shape index (κ2) is 11.6. The topological polar surface area (TPSA) is 35.6 Å². The highest BCUT2D eigenvalue weighted by Gasteiger charge is 2.25. The molecule has 0 radical (unpaired) electrons. The largest absolute Gasteiger partial charge is 0.307 e. The molecular weight excluding hydrogens is 713 g/mol. The smallest absolute Gasteiger partial charge is 0.163 e. The molecule has 0 saturated heterocycles. The molecule has 0 unspecified atom stereocenters. The Labute approximate surface area is 330 Å². The van der Waals surface area contributed by atoms with Crippen molar-refractivity contribution in [1.82, 2.24) is 19.1 Å². The normalized spacial score (nSPS) is 12.2. The van der Waals surface area contributed by atoms with E-state index in [2.05, 4.69) is 191 Å². The van der Waals surface area contributed by atoms with Gasteiger partial charge in [0.2, 0.25) is 0 Å². The van der Waals surface area contributed by atoms with Crippen LogP contribution in [0.4, 0.5) is 0 Å². The molecule has 0 bridgehead atoms. The summed E-state index contributed by atoms with van der Waals surface area (Å²) in [6.45, 7) is 0. The number of para-hydroxylation sites is 3. The van der Waals surface area contributed by atoms with Crippen molar-refractivity contribution >= 4 is 108 Å². The lowest BCUT2D eigenvalue weighted by molar-refractivity contribution is 1.08. The zero-order valence-electron chi connectivity index (χ0n) is 30.5. The van der Waals surface area contributed by atoms with Crippen LogP contribution in [0.15, 0.2) is 182 Å². The Morgan fingerprint density at radius 1 is 0.404 bits per heavy atom. The van der Waals surface area contributed by atoms with E-state index in [1.165, 1.54) is 80.0 Å². The maximum Gasteiger partial charge on any atom is 0.163 e.